The average Bonchev–Trinajstić information content (AvgIpc) is 2.47. The highest BCUT2D eigenvalue weighted by molar-refractivity contribution is 9.09. The van der Waals surface area contributed by atoms with Crippen LogP contribution in [0.15, 0.2) is 54.6 Å². The van der Waals surface area contributed by atoms with E-state index in [4.69, 9.17) is 4.74 Å². The zero-order valence-corrected chi connectivity index (χ0v) is 11.6. The van der Waals surface area contributed by atoms with Gasteiger partial charge in [0, 0.05) is 5.56 Å². The average molecular weight is 305 g/mol. The Morgan fingerprint density at radius 3 is 2.22 bits per heavy atom. The molecule has 1 unspecified atom stereocenters. The Labute approximate surface area is 115 Å². The van der Waals surface area contributed by atoms with Crippen LogP contribution in [-0.4, -0.2) is 12.9 Å². The summed E-state index contributed by atoms with van der Waals surface area (Å²) in [5.74, 6) is 0.793. The zero-order chi connectivity index (χ0) is 13.0. The molecular weight excluding hydrogens is 292 g/mol. The molecule has 0 saturated heterocycles. The molecule has 2 aromatic rings. The molecule has 0 heterocycles. The van der Waals surface area contributed by atoms with E-state index >= 15 is 0 Å². The molecule has 18 heavy (non-hydrogen) atoms. The number of hydrogen-bond donors (Lipinski definition) is 0. The van der Waals surface area contributed by atoms with Gasteiger partial charge in [-0.05, 0) is 29.8 Å². The van der Waals surface area contributed by atoms with Crippen molar-refractivity contribution in [3.05, 3.63) is 65.7 Å². The zero-order valence-electron chi connectivity index (χ0n) is 9.97. The van der Waals surface area contributed by atoms with Gasteiger partial charge in [0.05, 0.1) is 7.11 Å². The minimum atomic E-state index is -0.313. The number of hydrogen-bond acceptors (Lipinski definition) is 2. The number of Topliss-reactive ketones (excluding diaryl/α,β-unsaturated/α-hetero) is 1. The third-order valence-corrected chi connectivity index (χ3v) is 3.64. The largest absolute Gasteiger partial charge is 0.497 e. The van der Waals surface area contributed by atoms with Crippen molar-refractivity contribution in [1.29, 1.82) is 0 Å². The molecule has 3 heteroatoms. The van der Waals surface area contributed by atoms with Gasteiger partial charge in [0.25, 0.3) is 0 Å². The van der Waals surface area contributed by atoms with Crippen molar-refractivity contribution in [3.8, 4) is 5.75 Å². The molecule has 0 aliphatic heterocycles. The highest BCUT2D eigenvalue weighted by Crippen LogP contribution is 2.27. The van der Waals surface area contributed by atoms with E-state index in [1.54, 1.807) is 31.4 Å². The quantitative estimate of drug-likeness (QED) is 0.630. The van der Waals surface area contributed by atoms with Crippen LogP contribution in [0.1, 0.15) is 20.7 Å². The van der Waals surface area contributed by atoms with Crippen molar-refractivity contribution in [3.63, 3.8) is 0 Å². The van der Waals surface area contributed by atoms with Crippen LogP contribution in [0.5, 0.6) is 5.75 Å². The molecule has 0 amide bonds. The fourth-order valence-electron chi connectivity index (χ4n) is 1.67. The van der Waals surface area contributed by atoms with Gasteiger partial charge >= 0.3 is 0 Å². The smallest absolute Gasteiger partial charge is 0.180 e. The summed E-state index contributed by atoms with van der Waals surface area (Å²) in [5.41, 5.74) is 1.62. The van der Waals surface area contributed by atoms with Crippen molar-refractivity contribution in [2.45, 2.75) is 4.83 Å². The summed E-state index contributed by atoms with van der Waals surface area (Å²) in [7, 11) is 1.61. The van der Waals surface area contributed by atoms with Crippen LogP contribution in [0.25, 0.3) is 0 Å². The van der Waals surface area contributed by atoms with E-state index in [-0.39, 0.29) is 10.6 Å². The first-order valence-corrected chi connectivity index (χ1v) is 6.51. The molecule has 92 valence electrons. The van der Waals surface area contributed by atoms with Gasteiger partial charge < -0.3 is 4.74 Å². The maximum absolute atomic E-state index is 12.3. The Morgan fingerprint density at radius 2 is 1.67 bits per heavy atom. The second kappa shape index (κ2) is 5.83. The fraction of sp³-hybridized carbons (Fsp3) is 0.133. The number of alkyl halides is 1. The molecule has 0 spiro atoms. The Morgan fingerprint density at radius 1 is 1.06 bits per heavy atom. The summed E-state index contributed by atoms with van der Waals surface area (Å²) in [4.78, 5) is 11.9. The van der Waals surface area contributed by atoms with E-state index in [1.807, 2.05) is 30.3 Å². The molecule has 0 radical (unpaired) electrons. The SMILES string of the molecule is COc1ccc(C(=O)C(Br)c2ccccc2)cc1. The summed E-state index contributed by atoms with van der Waals surface area (Å²) in [6.45, 7) is 0. The molecule has 0 aromatic heterocycles. The Bertz CT molecular complexity index is 520. The Kier molecular flexibility index (Phi) is 4.15. The molecular formula is C15H13BrO2. The van der Waals surface area contributed by atoms with E-state index in [0.29, 0.717) is 5.56 Å². The molecule has 2 rings (SSSR count). The van der Waals surface area contributed by atoms with Crippen LogP contribution in [0, 0.1) is 0 Å². The topological polar surface area (TPSA) is 26.3 Å². The Hall–Kier alpha value is -1.61. The minimum absolute atomic E-state index is 0.0452. The molecule has 2 aromatic carbocycles. The maximum Gasteiger partial charge on any atom is 0.180 e. The number of carbonyl (C=O) groups excluding carboxylic acids is 1. The van der Waals surface area contributed by atoms with E-state index in [2.05, 4.69) is 15.9 Å². The lowest BCUT2D eigenvalue weighted by Crippen LogP contribution is -2.06. The second-order valence-corrected chi connectivity index (χ2v) is 4.78. The lowest BCUT2D eigenvalue weighted by Gasteiger charge is -2.09. The summed E-state index contributed by atoms with van der Waals surface area (Å²) in [6.07, 6.45) is 0. The number of benzene rings is 2. The van der Waals surface area contributed by atoms with Gasteiger partial charge in [0.1, 0.15) is 10.6 Å². The van der Waals surface area contributed by atoms with Crippen molar-refractivity contribution in [1.82, 2.24) is 0 Å². The fourth-order valence-corrected chi connectivity index (χ4v) is 2.24. The van der Waals surface area contributed by atoms with Gasteiger partial charge in [0.2, 0.25) is 0 Å². The second-order valence-electron chi connectivity index (χ2n) is 3.87. The minimum Gasteiger partial charge on any atom is -0.497 e. The molecule has 1 atom stereocenters. The monoisotopic (exact) mass is 304 g/mol. The summed E-state index contributed by atoms with van der Waals surface area (Å²) in [6, 6.07) is 16.8. The number of halogens is 1. The van der Waals surface area contributed by atoms with Gasteiger partial charge in [-0.1, -0.05) is 46.3 Å². The summed E-state index contributed by atoms with van der Waals surface area (Å²) < 4.78 is 5.07. The molecule has 0 N–H and O–H groups in total. The van der Waals surface area contributed by atoms with Gasteiger partial charge in [-0.2, -0.15) is 0 Å². The summed E-state index contributed by atoms with van der Waals surface area (Å²) >= 11 is 3.44. The number of ketones is 1. The lowest BCUT2D eigenvalue weighted by molar-refractivity contribution is 0.0991. The Balaban J connectivity index is 2.20. The van der Waals surface area contributed by atoms with Crippen LogP contribution in [-0.2, 0) is 0 Å². The van der Waals surface area contributed by atoms with Crippen LogP contribution >= 0.6 is 15.9 Å². The molecule has 0 bridgehead atoms. The number of methoxy groups -OCH3 is 1. The highest BCUT2D eigenvalue weighted by atomic mass is 79.9. The standard InChI is InChI=1S/C15H13BrO2/c1-18-13-9-7-12(8-10-13)15(17)14(16)11-5-3-2-4-6-11/h2-10,14H,1H3. The first kappa shape index (κ1) is 12.8. The maximum atomic E-state index is 12.3. The first-order chi connectivity index (χ1) is 8.72. The van der Waals surface area contributed by atoms with Crippen LogP contribution in [0.3, 0.4) is 0 Å². The van der Waals surface area contributed by atoms with Crippen molar-refractivity contribution >= 4 is 21.7 Å². The van der Waals surface area contributed by atoms with Crippen LogP contribution in [0.4, 0.5) is 0 Å². The number of carbonyl (C=O) groups is 1. The van der Waals surface area contributed by atoms with Gasteiger partial charge in [-0.15, -0.1) is 0 Å². The first-order valence-electron chi connectivity index (χ1n) is 5.59. The third-order valence-electron chi connectivity index (χ3n) is 2.70. The van der Waals surface area contributed by atoms with Crippen molar-refractivity contribution in [2.75, 3.05) is 7.11 Å². The van der Waals surface area contributed by atoms with Gasteiger partial charge in [-0.25, -0.2) is 0 Å². The lowest BCUT2D eigenvalue weighted by atomic mass is 10.0. The third kappa shape index (κ3) is 2.79. The van der Waals surface area contributed by atoms with E-state index < -0.39 is 0 Å². The van der Waals surface area contributed by atoms with E-state index in [1.165, 1.54) is 0 Å². The number of ether oxygens (including phenoxy) is 1. The van der Waals surface area contributed by atoms with Crippen molar-refractivity contribution < 1.29 is 9.53 Å². The highest BCUT2D eigenvalue weighted by Gasteiger charge is 2.18. The molecule has 2 nitrogen and oxygen atoms in total. The predicted molar refractivity (Wildman–Crippen MR) is 75.4 cm³/mol. The van der Waals surface area contributed by atoms with E-state index in [9.17, 15) is 4.79 Å². The molecule has 0 saturated carbocycles. The molecule has 0 fully saturated rings. The normalized spacial score (nSPS) is 11.9. The molecule has 0 aliphatic carbocycles. The van der Waals surface area contributed by atoms with Crippen molar-refractivity contribution in [2.24, 2.45) is 0 Å². The van der Waals surface area contributed by atoms with Gasteiger partial charge in [0.15, 0.2) is 5.78 Å². The number of rotatable bonds is 4. The van der Waals surface area contributed by atoms with E-state index in [0.717, 1.165) is 11.3 Å². The molecule has 0 aliphatic rings. The summed E-state index contributed by atoms with van der Waals surface area (Å²) in [5, 5.41) is 0. The predicted octanol–water partition coefficient (Wildman–Crippen LogP) is 4.01. The van der Waals surface area contributed by atoms with Gasteiger partial charge in [-0.3, -0.25) is 4.79 Å². The van der Waals surface area contributed by atoms with Crippen LogP contribution < -0.4 is 4.74 Å². The van der Waals surface area contributed by atoms with Crippen LogP contribution in [0.2, 0.25) is 0 Å².